The Morgan fingerprint density at radius 2 is 2.05 bits per heavy atom. The van der Waals surface area contributed by atoms with Crippen molar-refractivity contribution in [1.82, 2.24) is 0 Å². The Hall–Kier alpha value is -0.450. The molecule has 1 nitrogen and oxygen atoms in total. The Morgan fingerprint density at radius 1 is 1.26 bits per heavy atom. The van der Waals surface area contributed by atoms with Crippen LogP contribution in [0.2, 0.25) is 0 Å². The third kappa shape index (κ3) is 2.58. The van der Waals surface area contributed by atoms with E-state index in [9.17, 15) is 4.79 Å². The van der Waals surface area contributed by atoms with Crippen LogP contribution in [0.5, 0.6) is 0 Å². The van der Waals surface area contributed by atoms with Crippen molar-refractivity contribution >= 4 is 49.0 Å². The van der Waals surface area contributed by atoms with E-state index in [1.165, 1.54) is 11.1 Å². The number of aryl methyl sites for hydroxylation is 1. The zero-order chi connectivity index (χ0) is 13.4. The van der Waals surface area contributed by atoms with E-state index in [0.29, 0.717) is 0 Å². The highest BCUT2D eigenvalue weighted by Crippen LogP contribution is 2.39. The third-order valence-corrected chi connectivity index (χ3v) is 5.95. The molecule has 1 aromatic heterocycles. The molecule has 0 saturated heterocycles. The Kier molecular flexibility index (Phi) is 3.92. The van der Waals surface area contributed by atoms with Crippen molar-refractivity contribution in [2.24, 2.45) is 0 Å². The first kappa shape index (κ1) is 13.5. The van der Waals surface area contributed by atoms with Gasteiger partial charge < -0.3 is 0 Å². The topological polar surface area (TPSA) is 17.1 Å². The molecule has 1 atom stereocenters. The molecule has 19 heavy (non-hydrogen) atoms. The molecule has 1 heterocycles. The summed E-state index contributed by atoms with van der Waals surface area (Å²) in [5.74, 6) is 0.253. The normalized spacial score (nSPS) is 18.1. The Morgan fingerprint density at radius 3 is 2.79 bits per heavy atom. The van der Waals surface area contributed by atoms with Crippen LogP contribution in [0, 0.1) is 0 Å². The zero-order valence-electron chi connectivity index (χ0n) is 10.2. The highest BCUT2D eigenvalue weighted by atomic mass is 79.9. The van der Waals surface area contributed by atoms with Gasteiger partial charge in [-0.2, -0.15) is 0 Å². The second-order valence-electron chi connectivity index (χ2n) is 4.75. The lowest BCUT2D eigenvalue weighted by molar-refractivity contribution is 0.0950. The molecule has 1 aliphatic carbocycles. The van der Waals surface area contributed by atoms with E-state index in [1.807, 2.05) is 12.1 Å². The summed E-state index contributed by atoms with van der Waals surface area (Å²) in [6.07, 6.45) is 3.14. The molecule has 0 amide bonds. The van der Waals surface area contributed by atoms with Gasteiger partial charge in [-0.15, -0.1) is 11.3 Å². The number of ketones is 1. The van der Waals surface area contributed by atoms with Crippen molar-refractivity contribution in [1.29, 1.82) is 0 Å². The maximum absolute atomic E-state index is 12.8. The number of thiophene rings is 1. The van der Waals surface area contributed by atoms with Crippen molar-refractivity contribution < 1.29 is 4.79 Å². The Balaban J connectivity index is 2.00. The van der Waals surface area contributed by atoms with Crippen LogP contribution < -0.4 is 0 Å². The fourth-order valence-corrected chi connectivity index (χ4v) is 5.54. The molecule has 0 bridgehead atoms. The van der Waals surface area contributed by atoms with Crippen LogP contribution in [-0.4, -0.2) is 5.78 Å². The third-order valence-electron chi connectivity index (χ3n) is 3.61. The second kappa shape index (κ2) is 5.51. The van der Waals surface area contributed by atoms with Gasteiger partial charge >= 0.3 is 0 Å². The summed E-state index contributed by atoms with van der Waals surface area (Å²) in [5.41, 5.74) is 3.35. The average Bonchev–Trinajstić information content (AvgIpc) is 2.76. The minimum absolute atomic E-state index is 0.0164. The quantitative estimate of drug-likeness (QED) is 0.602. The molecule has 0 fully saturated rings. The second-order valence-corrected chi connectivity index (χ2v) is 8.50. The maximum atomic E-state index is 12.8. The predicted molar refractivity (Wildman–Crippen MR) is 86.2 cm³/mol. The summed E-state index contributed by atoms with van der Waals surface area (Å²) in [6, 6.07) is 10.3. The van der Waals surface area contributed by atoms with Crippen LogP contribution in [0.1, 0.15) is 40.2 Å². The van der Waals surface area contributed by atoms with Gasteiger partial charge in [-0.1, -0.05) is 24.3 Å². The molecule has 0 radical (unpaired) electrons. The number of Topliss-reactive ketones (excluding diaryl/α,β-unsaturated/α-hetero) is 1. The van der Waals surface area contributed by atoms with Gasteiger partial charge in [0.25, 0.3) is 0 Å². The number of carbonyl (C=O) groups excluding carboxylic acids is 1. The highest BCUT2D eigenvalue weighted by molar-refractivity contribution is 9.12. The Bertz CT molecular complexity index is 633. The number of rotatable bonds is 2. The number of benzene rings is 1. The summed E-state index contributed by atoms with van der Waals surface area (Å²) < 4.78 is 1.92. The van der Waals surface area contributed by atoms with Crippen LogP contribution in [0.15, 0.2) is 37.9 Å². The summed E-state index contributed by atoms with van der Waals surface area (Å²) in [7, 11) is 0. The predicted octanol–water partition coefficient (Wildman–Crippen LogP) is 5.58. The zero-order valence-corrected chi connectivity index (χ0v) is 14.1. The fraction of sp³-hybridized carbons (Fsp3) is 0.267. The molecule has 1 aliphatic rings. The fourth-order valence-electron chi connectivity index (χ4n) is 2.72. The lowest BCUT2D eigenvalue weighted by atomic mass is 9.79. The van der Waals surface area contributed by atoms with E-state index in [2.05, 4.69) is 50.1 Å². The molecule has 1 aromatic carbocycles. The van der Waals surface area contributed by atoms with Gasteiger partial charge in [-0.05, 0) is 68.3 Å². The molecule has 4 heteroatoms. The SMILES string of the molecule is O=C(c1cc(Br)sc1Br)C1CCCc2ccccc21. The minimum Gasteiger partial charge on any atom is -0.293 e. The monoisotopic (exact) mass is 398 g/mol. The van der Waals surface area contributed by atoms with E-state index >= 15 is 0 Å². The molecule has 0 spiro atoms. The van der Waals surface area contributed by atoms with Crippen molar-refractivity contribution in [3.63, 3.8) is 0 Å². The Labute approximate surface area is 133 Å². The van der Waals surface area contributed by atoms with Gasteiger partial charge in [0.05, 0.1) is 7.57 Å². The van der Waals surface area contributed by atoms with Gasteiger partial charge in [0.15, 0.2) is 5.78 Å². The number of halogens is 2. The van der Waals surface area contributed by atoms with Gasteiger partial charge in [0.2, 0.25) is 0 Å². The number of carbonyl (C=O) groups is 1. The van der Waals surface area contributed by atoms with E-state index in [0.717, 1.165) is 32.4 Å². The number of hydrogen-bond acceptors (Lipinski definition) is 2. The van der Waals surface area contributed by atoms with E-state index in [1.54, 1.807) is 11.3 Å². The first-order valence-electron chi connectivity index (χ1n) is 6.23. The summed E-state index contributed by atoms with van der Waals surface area (Å²) in [4.78, 5) is 12.8. The largest absolute Gasteiger partial charge is 0.293 e. The molecule has 0 N–H and O–H groups in total. The summed E-state index contributed by atoms with van der Waals surface area (Å²) in [6.45, 7) is 0. The number of fused-ring (bicyclic) bond motifs is 1. The summed E-state index contributed by atoms with van der Waals surface area (Å²) >= 11 is 8.49. The highest BCUT2D eigenvalue weighted by Gasteiger charge is 2.28. The van der Waals surface area contributed by atoms with Gasteiger partial charge in [0.1, 0.15) is 0 Å². The first-order valence-corrected chi connectivity index (χ1v) is 8.64. The van der Waals surface area contributed by atoms with E-state index in [4.69, 9.17) is 0 Å². The van der Waals surface area contributed by atoms with Crippen molar-refractivity contribution in [2.75, 3.05) is 0 Å². The molecule has 3 rings (SSSR count). The maximum Gasteiger partial charge on any atom is 0.172 e. The molecular formula is C15H12Br2OS. The standard InChI is InChI=1S/C15H12Br2OS/c16-13-8-12(15(17)19-13)14(18)11-7-3-5-9-4-1-2-6-10(9)11/h1-2,4,6,8,11H,3,5,7H2. The van der Waals surface area contributed by atoms with Crippen LogP contribution >= 0.6 is 43.2 Å². The van der Waals surface area contributed by atoms with Crippen molar-refractivity contribution in [3.05, 3.63) is 54.6 Å². The summed E-state index contributed by atoms with van der Waals surface area (Å²) in [5, 5.41) is 0. The molecule has 98 valence electrons. The van der Waals surface area contributed by atoms with E-state index in [-0.39, 0.29) is 11.7 Å². The van der Waals surface area contributed by atoms with Gasteiger partial charge in [-0.25, -0.2) is 0 Å². The van der Waals surface area contributed by atoms with Crippen LogP contribution in [0.25, 0.3) is 0 Å². The van der Waals surface area contributed by atoms with Crippen LogP contribution in [-0.2, 0) is 6.42 Å². The lowest BCUT2D eigenvalue weighted by Gasteiger charge is -2.24. The minimum atomic E-state index is 0.0164. The van der Waals surface area contributed by atoms with Crippen molar-refractivity contribution in [3.8, 4) is 0 Å². The first-order chi connectivity index (χ1) is 9.16. The average molecular weight is 400 g/mol. The molecular weight excluding hydrogens is 388 g/mol. The molecule has 1 unspecified atom stereocenters. The molecule has 2 aromatic rings. The molecule has 0 saturated carbocycles. The smallest absolute Gasteiger partial charge is 0.172 e. The van der Waals surface area contributed by atoms with Gasteiger partial charge in [0, 0.05) is 11.5 Å². The van der Waals surface area contributed by atoms with Crippen LogP contribution in [0.4, 0.5) is 0 Å². The van der Waals surface area contributed by atoms with Gasteiger partial charge in [-0.3, -0.25) is 4.79 Å². The lowest BCUT2D eigenvalue weighted by Crippen LogP contribution is -2.18. The van der Waals surface area contributed by atoms with Crippen molar-refractivity contribution in [2.45, 2.75) is 25.2 Å². The molecule has 0 aliphatic heterocycles. The van der Waals surface area contributed by atoms with E-state index < -0.39 is 0 Å². The van der Waals surface area contributed by atoms with Crippen LogP contribution in [0.3, 0.4) is 0 Å². The number of hydrogen-bond donors (Lipinski definition) is 0.